The van der Waals surface area contributed by atoms with Crippen LogP contribution < -0.4 is 5.73 Å². The number of nitrogens with two attached hydrogens (primary N) is 1. The van der Waals surface area contributed by atoms with Crippen LogP contribution >= 0.6 is 11.8 Å². The normalized spacial score (nSPS) is 10.1. The second kappa shape index (κ2) is 4.82. The van der Waals surface area contributed by atoms with E-state index in [0.717, 1.165) is 5.75 Å². The molecule has 1 aromatic rings. The second-order valence-corrected chi connectivity index (χ2v) is 4.62. The van der Waals surface area contributed by atoms with Gasteiger partial charge in [0, 0.05) is 0 Å². The fourth-order valence-electron chi connectivity index (χ4n) is 0.830. The zero-order chi connectivity index (χ0) is 10.6. The van der Waals surface area contributed by atoms with Gasteiger partial charge in [-0.15, -0.1) is 0 Å². The van der Waals surface area contributed by atoms with Crippen molar-refractivity contribution in [3.8, 4) is 6.07 Å². The molecule has 0 aliphatic rings. The van der Waals surface area contributed by atoms with Crippen LogP contribution in [-0.2, 0) is 5.75 Å². The van der Waals surface area contributed by atoms with Crippen LogP contribution in [0, 0.1) is 11.3 Å². The summed E-state index contributed by atoms with van der Waals surface area (Å²) in [7, 11) is 0. The zero-order valence-electron chi connectivity index (χ0n) is 8.19. The predicted molar refractivity (Wildman–Crippen MR) is 57.6 cm³/mol. The van der Waals surface area contributed by atoms with E-state index in [9.17, 15) is 0 Å². The van der Waals surface area contributed by atoms with Gasteiger partial charge in [0.2, 0.25) is 0 Å². The molecule has 0 amide bonds. The molecule has 0 fully saturated rings. The maximum absolute atomic E-state index is 8.61. The Balaban J connectivity index is 2.73. The highest BCUT2D eigenvalue weighted by Crippen LogP contribution is 2.15. The first kappa shape index (κ1) is 10.8. The molecule has 0 radical (unpaired) electrons. The van der Waals surface area contributed by atoms with E-state index in [1.807, 2.05) is 6.07 Å². The van der Waals surface area contributed by atoms with Crippen LogP contribution in [0.5, 0.6) is 0 Å². The van der Waals surface area contributed by atoms with Crippen molar-refractivity contribution in [2.75, 3.05) is 5.73 Å². The van der Waals surface area contributed by atoms with Crippen LogP contribution in [0.3, 0.4) is 0 Å². The molecule has 0 spiro atoms. The number of aromatic nitrogens is 2. The molecule has 0 saturated heterocycles. The van der Waals surface area contributed by atoms with Crippen molar-refractivity contribution >= 4 is 17.6 Å². The molecule has 14 heavy (non-hydrogen) atoms. The molecule has 4 nitrogen and oxygen atoms in total. The zero-order valence-corrected chi connectivity index (χ0v) is 9.01. The third kappa shape index (κ3) is 2.89. The summed E-state index contributed by atoms with van der Waals surface area (Å²) in [5.74, 6) is 1.68. The van der Waals surface area contributed by atoms with E-state index in [2.05, 4.69) is 23.8 Å². The minimum Gasteiger partial charge on any atom is -0.382 e. The number of anilines is 1. The molecule has 0 aromatic carbocycles. The number of thioether (sulfide) groups is 1. The largest absolute Gasteiger partial charge is 0.382 e. The summed E-state index contributed by atoms with van der Waals surface area (Å²) in [5, 5.41) is 9.15. The molecule has 0 unspecified atom stereocenters. The molecule has 5 heteroatoms. The van der Waals surface area contributed by atoms with Gasteiger partial charge in [0.05, 0.1) is 11.9 Å². The number of rotatable bonds is 3. The van der Waals surface area contributed by atoms with E-state index in [1.165, 1.54) is 6.20 Å². The maximum atomic E-state index is 8.61. The van der Waals surface area contributed by atoms with Crippen molar-refractivity contribution in [1.82, 2.24) is 9.97 Å². The van der Waals surface area contributed by atoms with Crippen molar-refractivity contribution in [1.29, 1.82) is 5.26 Å². The topological polar surface area (TPSA) is 75.6 Å². The number of hydrogen-bond donors (Lipinski definition) is 1. The minimum atomic E-state index is 0.266. The monoisotopic (exact) mass is 208 g/mol. The predicted octanol–water partition coefficient (Wildman–Crippen LogP) is 1.57. The van der Waals surface area contributed by atoms with Crippen LogP contribution in [0.4, 0.5) is 5.82 Å². The number of nitrogen functional groups attached to an aromatic ring is 1. The molecule has 0 bridgehead atoms. The Labute approximate surface area is 87.6 Å². The van der Waals surface area contributed by atoms with Gasteiger partial charge in [-0.25, -0.2) is 9.97 Å². The van der Waals surface area contributed by atoms with Gasteiger partial charge in [0.15, 0.2) is 0 Å². The average molecular weight is 208 g/mol. The lowest BCUT2D eigenvalue weighted by Gasteiger charge is -2.04. The quantitative estimate of drug-likeness (QED) is 0.816. The van der Waals surface area contributed by atoms with Crippen LogP contribution in [-0.4, -0.2) is 15.2 Å². The number of hydrogen-bond acceptors (Lipinski definition) is 5. The Kier molecular flexibility index (Phi) is 3.72. The fraction of sp³-hybridized carbons (Fsp3) is 0.444. The van der Waals surface area contributed by atoms with Crippen molar-refractivity contribution in [3.05, 3.63) is 17.6 Å². The number of nitrogens with zero attached hydrogens (tertiary/aromatic N) is 3. The van der Waals surface area contributed by atoms with Gasteiger partial charge in [0.1, 0.15) is 23.3 Å². The van der Waals surface area contributed by atoms with E-state index in [4.69, 9.17) is 11.0 Å². The van der Waals surface area contributed by atoms with E-state index < -0.39 is 0 Å². The van der Waals surface area contributed by atoms with Crippen LogP contribution in [0.25, 0.3) is 0 Å². The molecule has 1 rings (SSSR count). The van der Waals surface area contributed by atoms with Crippen molar-refractivity contribution < 1.29 is 0 Å². The van der Waals surface area contributed by atoms with Gasteiger partial charge in [-0.3, -0.25) is 0 Å². The third-order valence-electron chi connectivity index (χ3n) is 1.53. The Bertz CT molecular complexity index is 356. The fourth-order valence-corrected chi connectivity index (χ4v) is 1.45. The van der Waals surface area contributed by atoms with Gasteiger partial charge in [-0.1, -0.05) is 13.8 Å². The Morgan fingerprint density at radius 2 is 2.36 bits per heavy atom. The molecule has 0 aliphatic carbocycles. The average Bonchev–Trinajstić information content (AvgIpc) is 2.15. The highest BCUT2D eigenvalue weighted by atomic mass is 32.2. The standard InChI is InChI=1S/C9H12N4S/c1-6(2)14-5-8-12-4-7(3-10)9(11)13-8/h4,6H,5H2,1-2H3,(H2,11,12,13). The number of nitriles is 1. The summed E-state index contributed by atoms with van der Waals surface area (Å²) < 4.78 is 0. The Morgan fingerprint density at radius 3 is 2.86 bits per heavy atom. The molecule has 0 atom stereocenters. The Hall–Kier alpha value is -1.28. The second-order valence-electron chi connectivity index (χ2n) is 3.06. The lowest BCUT2D eigenvalue weighted by atomic mass is 10.3. The smallest absolute Gasteiger partial charge is 0.145 e. The summed E-state index contributed by atoms with van der Waals surface area (Å²) in [6.07, 6.45) is 1.47. The maximum Gasteiger partial charge on any atom is 0.145 e. The van der Waals surface area contributed by atoms with Crippen molar-refractivity contribution in [3.63, 3.8) is 0 Å². The summed E-state index contributed by atoms with van der Waals surface area (Å²) in [4.78, 5) is 8.09. The van der Waals surface area contributed by atoms with E-state index in [0.29, 0.717) is 16.6 Å². The first-order chi connectivity index (χ1) is 6.63. The van der Waals surface area contributed by atoms with E-state index in [-0.39, 0.29) is 5.82 Å². The molecule has 1 heterocycles. The highest BCUT2D eigenvalue weighted by Gasteiger charge is 2.04. The molecular weight excluding hydrogens is 196 g/mol. The minimum absolute atomic E-state index is 0.266. The molecule has 74 valence electrons. The highest BCUT2D eigenvalue weighted by molar-refractivity contribution is 7.99. The van der Waals surface area contributed by atoms with E-state index in [1.54, 1.807) is 11.8 Å². The van der Waals surface area contributed by atoms with Crippen LogP contribution in [0.15, 0.2) is 6.20 Å². The van der Waals surface area contributed by atoms with Gasteiger partial charge < -0.3 is 5.73 Å². The first-order valence-corrected chi connectivity index (χ1v) is 5.31. The Morgan fingerprint density at radius 1 is 1.64 bits per heavy atom. The first-order valence-electron chi connectivity index (χ1n) is 4.26. The molecular formula is C9H12N4S. The SMILES string of the molecule is CC(C)SCc1ncc(C#N)c(N)n1. The summed E-state index contributed by atoms with van der Waals surface area (Å²) in [6.45, 7) is 4.22. The van der Waals surface area contributed by atoms with Gasteiger partial charge in [-0.2, -0.15) is 17.0 Å². The molecule has 0 saturated carbocycles. The summed E-state index contributed by atoms with van der Waals surface area (Å²) in [5.41, 5.74) is 5.89. The third-order valence-corrected chi connectivity index (χ3v) is 2.63. The summed E-state index contributed by atoms with van der Waals surface area (Å²) >= 11 is 1.74. The van der Waals surface area contributed by atoms with Gasteiger partial charge in [-0.05, 0) is 5.25 Å². The molecule has 1 aromatic heterocycles. The van der Waals surface area contributed by atoms with E-state index >= 15 is 0 Å². The van der Waals surface area contributed by atoms with Gasteiger partial charge >= 0.3 is 0 Å². The van der Waals surface area contributed by atoms with Crippen LogP contribution in [0.2, 0.25) is 0 Å². The lowest BCUT2D eigenvalue weighted by Crippen LogP contribution is -2.02. The van der Waals surface area contributed by atoms with Crippen LogP contribution in [0.1, 0.15) is 25.2 Å². The van der Waals surface area contributed by atoms with Crippen molar-refractivity contribution in [2.45, 2.75) is 24.9 Å². The molecule has 0 aliphatic heterocycles. The summed E-state index contributed by atoms with van der Waals surface area (Å²) in [6, 6.07) is 1.93. The molecule has 2 N–H and O–H groups in total. The lowest BCUT2D eigenvalue weighted by molar-refractivity contribution is 1.02. The van der Waals surface area contributed by atoms with Crippen molar-refractivity contribution in [2.24, 2.45) is 0 Å². The van der Waals surface area contributed by atoms with Gasteiger partial charge in [0.25, 0.3) is 0 Å².